The smallest absolute Gasteiger partial charge is 0.230 e. The lowest BCUT2D eigenvalue weighted by atomic mass is 10.1. The van der Waals surface area contributed by atoms with Crippen molar-refractivity contribution in [2.45, 2.75) is 12.8 Å². The Bertz CT molecular complexity index is 1040. The average Bonchev–Trinajstić information content (AvgIpc) is 2.65. The van der Waals surface area contributed by atoms with Gasteiger partial charge in [0.05, 0.1) is 30.4 Å². The highest BCUT2D eigenvalue weighted by Crippen LogP contribution is 2.20. The van der Waals surface area contributed by atoms with Crippen LogP contribution in [0.5, 0.6) is 0 Å². The van der Waals surface area contributed by atoms with E-state index in [1.807, 2.05) is 0 Å². The molecule has 0 atom stereocenters. The number of benzene rings is 2. The number of halogens is 3. The Hall–Kier alpha value is -3.39. The van der Waals surface area contributed by atoms with Gasteiger partial charge in [-0.1, -0.05) is 23.7 Å². The zero-order valence-electron chi connectivity index (χ0n) is 15.0. The number of amides is 2. The van der Waals surface area contributed by atoms with Crippen LogP contribution in [-0.4, -0.2) is 22.0 Å². The van der Waals surface area contributed by atoms with Crippen molar-refractivity contribution in [2.75, 3.05) is 10.6 Å². The van der Waals surface area contributed by atoms with Crippen molar-refractivity contribution in [3.63, 3.8) is 0 Å². The summed E-state index contributed by atoms with van der Waals surface area (Å²) in [5.74, 6) is -1.97. The molecule has 148 valence electrons. The van der Waals surface area contributed by atoms with Crippen LogP contribution < -0.4 is 10.6 Å². The predicted molar refractivity (Wildman–Crippen MR) is 105 cm³/mol. The fourth-order valence-electron chi connectivity index (χ4n) is 2.57. The Balaban J connectivity index is 1.61. The molecule has 0 aliphatic rings. The van der Waals surface area contributed by atoms with Gasteiger partial charge >= 0.3 is 0 Å². The molecule has 1 aromatic heterocycles. The van der Waals surface area contributed by atoms with Crippen LogP contribution in [0.25, 0.3) is 0 Å². The van der Waals surface area contributed by atoms with Crippen molar-refractivity contribution in [1.29, 1.82) is 0 Å². The normalized spacial score (nSPS) is 10.4. The summed E-state index contributed by atoms with van der Waals surface area (Å²) in [5.41, 5.74) is 0.990. The number of rotatable bonds is 6. The largest absolute Gasteiger partial charge is 0.326 e. The fourth-order valence-corrected chi connectivity index (χ4v) is 2.80. The van der Waals surface area contributed by atoms with Gasteiger partial charge in [-0.05, 0) is 36.4 Å². The summed E-state index contributed by atoms with van der Waals surface area (Å²) in [4.78, 5) is 24.3. The van der Waals surface area contributed by atoms with Crippen molar-refractivity contribution in [2.24, 2.45) is 0 Å². The van der Waals surface area contributed by atoms with E-state index in [1.54, 1.807) is 6.07 Å². The summed E-state index contributed by atoms with van der Waals surface area (Å²) in [6.07, 6.45) is 0.907. The molecule has 0 radical (unpaired) electrons. The third kappa shape index (κ3) is 5.79. The van der Waals surface area contributed by atoms with Gasteiger partial charge in [0.1, 0.15) is 11.6 Å². The van der Waals surface area contributed by atoms with Gasteiger partial charge in [-0.25, -0.2) is 8.78 Å². The average molecular weight is 417 g/mol. The monoisotopic (exact) mass is 416 g/mol. The predicted octanol–water partition coefficient (Wildman–Crippen LogP) is 3.77. The number of carbonyl (C=O) groups is 2. The Morgan fingerprint density at radius 1 is 0.931 bits per heavy atom. The Morgan fingerprint density at radius 2 is 1.66 bits per heavy atom. The summed E-state index contributed by atoms with van der Waals surface area (Å²) in [5, 5.41) is 12.9. The number of nitrogens with one attached hydrogen (secondary N) is 2. The number of nitrogens with zero attached hydrogens (tertiary/aromatic N) is 2. The minimum absolute atomic E-state index is 0.0865. The zero-order valence-corrected chi connectivity index (χ0v) is 15.7. The van der Waals surface area contributed by atoms with Crippen molar-refractivity contribution in [1.82, 2.24) is 10.2 Å². The molecular weight excluding hydrogens is 402 g/mol. The van der Waals surface area contributed by atoms with E-state index in [0.29, 0.717) is 17.1 Å². The van der Waals surface area contributed by atoms with Crippen LogP contribution in [0.15, 0.2) is 54.7 Å². The van der Waals surface area contributed by atoms with Crippen LogP contribution in [0, 0.1) is 11.6 Å². The maximum Gasteiger partial charge on any atom is 0.230 e. The van der Waals surface area contributed by atoms with Crippen LogP contribution in [0.3, 0.4) is 0 Å². The first-order chi connectivity index (χ1) is 13.9. The number of aromatic nitrogens is 2. The van der Waals surface area contributed by atoms with Gasteiger partial charge in [-0.2, -0.15) is 10.2 Å². The minimum Gasteiger partial charge on any atom is -0.326 e. The lowest BCUT2D eigenvalue weighted by Gasteiger charge is -2.08. The van der Waals surface area contributed by atoms with Gasteiger partial charge in [-0.3, -0.25) is 9.59 Å². The molecule has 2 N–H and O–H groups in total. The standard InChI is InChI=1S/C20H15ClF2N4O2/c21-17-5-2-6-18(23)16(17)10-20(29)26-15-8-14(27-24-11-15)9-19(28)25-13-4-1-3-12(22)7-13/h1-8,11H,9-10H2,(H,25,28)(H,26,27,29). The summed E-state index contributed by atoms with van der Waals surface area (Å²) in [6, 6.07) is 11.1. The first-order valence-electron chi connectivity index (χ1n) is 8.50. The van der Waals surface area contributed by atoms with Crippen molar-refractivity contribution in [3.05, 3.63) is 82.6 Å². The van der Waals surface area contributed by atoms with Crippen LogP contribution in [0.4, 0.5) is 20.2 Å². The lowest BCUT2D eigenvalue weighted by Crippen LogP contribution is -2.18. The maximum absolute atomic E-state index is 13.8. The highest BCUT2D eigenvalue weighted by molar-refractivity contribution is 6.31. The Kier molecular flexibility index (Phi) is 6.46. The van der Waals surface area contributed by atoms with Gasteiger partial charge in [0.2, 0.25) is 11.8 Å². The van der Waals surface area contributed by atoms with Gasteiger partial charge in [0.15, 0.2) is 0 Å². The van der Waals surface area contributed by atoms with Crippen LogP contribution >= 0.6 is 11.6 Å². The molecule has 0 fully saturated rings. The molecule has 0 aliphatic heterocycles. The third-order valence-electron chi connectivity index (χ3n) is 3.84. The molecule has 1 heterocycles. The summed E-state index contributed by atoms with van der Waals surface area (Å²) in [6.45, 7) is 0. The molecule has 0 saturated carbocycles. The molecule has 0 bridgehead atoms. The first kappa shape index (κ1) is 20.3. The second-order valence-corrected chi connectivity index (χ2v) is 6.50. The van der Waals surface area contributed by atoms with Crippen molar-refractivity contribution in [3.8, 4) is 0 Å². The van der Waals surface area contributed by atoms with Crippen molar-refractivity contribution < 1.29 is 18.4 Å². The van der Waals surface area contributed by atoms with Gasteiger partial charge < -0.3 is 10.6 Å². The summed E-state index contributed by atoms with van der Waals surface area (Å²) < 4.78 is 27.0. The van der Waals surface area contributed by atoms with E-state index in [-0.39, 0.29) is 23.4 Å². The fraction of sp³-hybridized carbons (Fsp3) is 0.100. The maximum atomic E-state index is 13.8. The van der Waals surface area contributed by atoms with E-state index in [9.17, 15) is 18.4 Å². The molecule has 9 heteroatoms. The van der Waals surface area contributed by atoms with Crippen molar-refractivity contribution >= 4 is 34.8 Å². The molecule has 0 saturated heterocycles. The first-order valence-corrected chi connectivity index (χ1v) is 8.88. The zero-order chi connectivity index (χ0) is 20.8. The molecule has 0 unspecified atom stereocenters. The second kappa shape index (κ2) is 9.20. The van der Waals surface area contributed by atoms with E-state index in [4.69, 9.17) is 11.6 Å². The Morgan fingerprint density at radius 3 is 2.41 bits per heavy atom. The molecule has 2 aromatic carbocycles. The summed E-state index contributed by atoms with van der Waals surface area (Å²) in [7, 11) is 0. The molecule has 6 nitrogen and oxygen atoms in total. The molecule has 0 spiro atoms. The molecule has 29 heavy (non-hydrogen) atoms. The highest BCUT2D eigenvalue weighted by Gasteiger charge is 2.13. The molecular formula is C20H15ClF2N4O2. The Labute approximate surface area is 169 Å². The van der Waals surface area contributed by atoms with Gasteiger partial charge in [0.25, 0.3) is 0 Å². The van der Waals surface area contributed by atoms with Gasteiger partial charge in [-0.15, -0.1) is 0 Å². The van der Waals surface area contributed by atoms with E-state index < -0.39 is 23.4 Å². The number of anilines is 2. The van der Waals surface area contributed by atoms with E-state index in [2.05, 4.69) is 20.8 Å². The SMILES string of the molecule is O=C(Cc1cc(NC(=O)Cc2c(F)cccc2Cl)cnn1)Nc1cccc(F)c1. The lowest BCUT2D eigenvalue weighted by molar-refractivity contribution is -0.116. The van der Waals surface area contributed by atoms with E-state index in [0.717, 1.165) is 0 Å². The van der Waals surface area contributed by atoms with Crippen LogP contribution in [0.1, 0.15) is 11.3 Å². The topological polar surface area (TPSA) is 84.0 Å². The number of hydrogen-bond donors (Lipinski definition) is 2. The summed E-state index contributed by atoms with van der Waals surface area (Å²) >= 11 is 5.93. The second-order valence-electron chi connectivity index (χ2n) is 6.10. The molecule has 2 amide bonds. The molecule has 3 aromatic rings. The van der Waals surface area contributed by atoms with Crippen LogP contribution in [-0.2, 0) is 22.4 Å². The molecule has 3 rings (SSSR count). The van der Waals surface area contributed by atoms with E-state index in [1.165, 1.54) is 48.7 Å². The quantitative estimate of drug-likeness (QED) is 0.640. The third-order valence-corrected chi connectivity index (χ3v) is 4.19. The van der Waals surface area contributed by atoms with E-state index >= 15 is 0 Å². The number of hydrogen-bond acceptors (Lipinski definition) is 4. The van der Waals surface area contributed by atoms with Gasteiger partial charge in [0, 0.05) is 16.3 Å². The van der Waals surface area contributed by atoms with Crippen LogP contribution in [0.2, 0.25) is 5.02 Å². The molecule has 0 aliphatic carbocycles. The minimum atomic E-state index is -0.574. The highest BCUT2D eigenvalue weighted by atomic mass is 35.5. The number of carbonyl (C=O) groups excluding carboxylic acids is 2.